The number of hydrogen-bond acceptors (Lipinski definition) is 2. The fraction of sp³-hybridized carbons (Fsp3) is 1.00. The van der Waals surface area contributed by atoms with Crippen LogP contribution in [0, 0.1) is 11.8 Å². The fourth-order valence-corrected chi connectivity index (χ4v) is 3.61. The molecule has 19 heavy (non-hydrogen) atoms. The van der Waals surface area contributed by atoms with E-state index in [1.165, 1.54) is 0 Å². The van der Waals surface area contributed by atoms with E-state index < -0.39 is 12.1 Å². The Hall–Kier alpha value is -0.290. The summed E-state index contributed by atoms with van der Waals surface area (Å²) < 4.78 is 37.9. The van der Waals surface area contributed by atoms with Crippen LogP contribution in [0.4, 0.5) is 13.2 Å². The van der Waals surface area contributed by atoms with E-state index in [9.17, 15) is 13.2 Å². The van der Waals surface area contributed by atoms with E-state index in [1.54, 1.807) is 0 Å². The second-order valence-corrected chi connectivity index (χ2v) is 6.16. The van der Waals surface area contributed by atoms with Gasteiger partial charge in [0.1, 0.15) is 0 Å². The molecule has 0 aromatic carbocycles. The quantitative estimate of drug-likeness (QED) is 0.840. The number of nitrogens with two attached hydrogens (primary N) is 1. The third kappa shape index (κ3) is 3.63. The summed E-state index contributed by atoms with van der Waals surface area (Å²) in [4.78, 5) is 2.39. The summed E-state index contributed by atoms with van der Waals surface area (Å²) in [7, 11) is 0. The van der Waals surface area contributed by atoms with Crippen molar-refractivity contribution in [1.82, 2.24) is 4.90 Å². The zero-order valence-electron chi connectivity index (χ0n) is 11.6. The molecular weight excluding hydrogens is 253 g/mol. The van der Waals surface area contributed by atoms with Gasteiger partial charge < -0.3 is 5.73 Å². The molecule has 0 bridgehead atoms. The van der Waals surface area contributed by atoms with Gasteiger partial charge in [-0.3, -0.25) is 4.90 Å². The maximum atomic E-state index is 12.6. The molecule has 2 nitrogen and oxygen atoms in total. The molecule has 0 spiro atoms. The Balaban J connectivity index is 1.85. The maximum Gasteiger partial charge on any atom is 0.391 e. The second kappa shape index (κ2) is 6.00. The number of likely N-dealkylation sites (tertiary alicyclic amines) is 1. The zero-order valence-corrected chi connectivity index (χ0v) is 11.6. The maximum absolute atomic E-state index is 12.6. The molecule has 2 N–H and O–H groups in total. The van der Waals surface area contributed by atoms with Gasteiger partial charge in [-0.1, -0.05) is 13.3 Å². The summed E-state index contributed by atoms with van der Waals surface area (Å²) in [6.07, 6.45) is 0.0289. The van der Waals surface area contributed by atoms with Gasteiger partial charge in [0.25, 0.3) is 0 Å². The van der Waals surface area contributed by atoms with Crippen molar-refractivity contribution >= 4 is 0 Å². The summed E-state index contributed by atoms with van der Waals surface area (Å²) in [5, 5.41) is 0. The number of halogens is 3. The zero-order chi connectivity index (χ0) is 14.0. The molecule has 1 aliphatic carbocycles. The van der Waals surface area contributed by atoms with Gasteiger partial charge in [0.05, 0.1) is 5.92 Å². The van der Waals surface area contributed by atoms with E-state index in [4.69, 9.17) is 5.73 Å². The molecule has 2 rings (SSSR count). The van der Waals surface area contributed by atoms with Crippen molar-refractivity contribution in [3.63, 3.8) is 0 Å². The van der Waals surface area contributed by atoms with Gasteiger partial charge in [-0.2, -0.15) is 13.2 Å². The lowest BCUT2D eigenvalue weighted by molar-refractivity contribution is -0.184. The Kier molecular flexibility index (Phi) is 4.77. The predicted octanol–water partition coefficient (Wildman–Crippen LogP) is 3.17. The van der Waals surface area contributed by atoms with E-state index in [-0.39, 0.29) is 6.04 Å². The van der Waals surface area contributed by atoms with Crippen LogP contribution in [-0.2, 0) is 0 Å². The van der Waals surface area contributed by atoms with Crippen LogP contribution in [0.15, 0.2) is 0 Å². The Morgan fingerprint density at radius 2 is 1.74 bits per heavy atom. The lowest BCUT2D eigenvalue weighted by atomic mass is 9.82. The first-order valence-electron chi connectivity index (χ1n) is 7.48. The first kappa shape index (κ1) is 15.1. The molecule has 112 valence electrons. The minimum atomic E-state index is -4.00. The van der Waals surface area contributed by atoms with E-state index in [2.05, 4.69) is 11.8 Å². The fourth-order valence-electron chi connectivity index (χ4n) is 3.61. The Morgan fingerprint density at radius 1 is 1.11 bits per heavy atom. The third-order valence-electron chi connectivity index (χ3n) is 5.02. The largest absolute Gasteiger partial charge is 0.391 e. The van der Waals surface area contributed by atoms with Crippen LogP contribution in [-0.4, -0.2) is 36.2 Å². The SMILES string of the molecule is CCC1CN(C2CCC(C(F)(F)F)CC2)CCC1N. The van der Waals surface area contributed by atoms with E-state index in [0.717, 1.165) is 25.9 Å². The van der Waals surface area contributed by atoms with E-state index in [1.807, 2.05) is 0 Å². The Bertz CT molecular complexity index is 285. The lowest BCUT2D eigenvalue weighted by Gasteiger charge is -2.43. The minimum Gasteiger partial charge on any atom is -0.327 e. The number of nitrogens with zero attached hydrogens (tertiary/aromatic N) is 1. The number of hydrogen-bond donors (Lipinski definition) is 1. The highest BCUT2D eigenvalue weighted by Gasteiger charge is 2.42. The van der Waals surface area contributed by atoms with Gasteiger partial charge in [0, 0.05) is 18.6 Å². The molecule has 2 atom stereocenters. The molecule has 1 saturated carbocycles. The molecule has 1 heterocycles. The minimum absolute atomic E-state index is 0.271. The summed E-state index contributed by atoms with van der Waals surface area (Å²) in [6, 6.07) is 0.618. The Morgan fingerprint density at radius 3 is 2.26 bits per heavy atom. The van der Waals surface area contributed by atoms with E-state index in [0.29, 0.717) is 37.6 Å². The first-order chi connectivity index (χ1) is 8.91. The smallest absolute Gasteiger partial charge is 0.327 e. The van der Waals surface area contributed by atoms with Crippen LogP contribution >= 0.6 is 0 Å². The number of rotatable bonds is 2. The van der Waals surface area contributed by atoms with Crippen molar-refractivity contribution in [3.8, 4) is 0 Å². The van der Waals surface area contributed by atoms with Gasteiger partial charge in [0.15, 0.2) is 0 Å². The molecule has 0 aromatic rings. The molecule has 1 aliphatic heterocycles. The molecule has 2 aliphatic rings. The van der Waals surface area contributed by atoms with Crippen molar-refractivity contribution in [1.29, 1.82) is 0 Å². The van der Waals surface area contributed by atoms with Crippen LogP contribution < -0.4 is 5.73 Å². The van der Waals surface area contributed by atoms with Gasteiger partial charge >= 0.3 is 6.18 Å². The summed E-state index contributed by atoms with van der Waals surface area (Å²) in [5.41, 5.74) is 6.08. The first-order valence-corrected chi connectivity index (χ1v) is 7.48. The van der Waals surface area contributed by atoms with Gasteiger partial charge in [0.2, 0.25) is 0 Å². The van der Waals surface area contributed by atoms with Gasteiger partial charge in [-0.25, -0.2) is 0 Å². The second-order valence-electron chi connectivity index (χ2n) is 6.16. The van der Waals surface area contributed by atoms with E-state index >= 15 is 0 Å². The van der Waals surface area contributed by atoms with Crippen molar-refractivity contribution in [2.75, 3.05) is 13.1 Å². The summed E-state index contributed by atoms with van der Waals surface area (Å²) in [6.45, 7) is 4.08. The van der Waals surface area contributed by atoms with Crippen molar-refractivity contribution < 1.29 is 13.2 Å². The van der Waals surface area contributed by atoms with Crippen LogP contribution in [0.1, 0.15) is 45.4 Å². The van der Waals surface area contributed by atoms with Crippen LogP contribution in [0.25, 0.3) is 0 Å². The highest BCUT2D eigenvalue weighted by atomic mass is 19.4. The number of piperidine rings is 1. The molecule has 2 fully saturated rings. The molecule has 1 saturated heterocycles. The highest BCUT2D eigenvalue weighted by molar-refractivity contribution is 4.88. The summed E-state index contributed by atoms with van der Waals surface area (Å²) >= 11 is 0. The number of alkyl halides is 3. The van der Waals surface area contributed by atoms with Crippen LogP contribution in [0.3, 0.4) is 0 Å². The average Bonchev–Trinajstić information content (AvgIpc) is 2.38. The molecule has 0 aromatic heterocycles. The molecular formula is C14H25F3N2. The lowest BCUT2D eigenvalue weighted by Crippen LogP contribution is -2.51. The van der Waals surface area contributed by atoms with Crippen molar-refractivity contribution in [2.24, 2.45) is 17.6 Å². The normalized spacial score (nSPS) is 38.4. The van der Waals surface area contributed by atoms with Gasteiger partial charge in [-0.05, 0) is 44.6 Å². The van der Waals surface area contributed by atoms with Crippen molar-refractivity contribution in [2.45, 2.75) is 63.7 Å². The molecule has 2 unspecified atom stereocenters. The van der Waals surface area contributed by atoms with Crippen molar-refractivity contribution in [3.05, 3.63) is 0 Å². The van der Waals surface area contributed by atoms with Crippen LogP contribution in [0.2, 0.25) is 0 Å². The van der Waals surface area contributed by atoms with Gasteiger partial charge in [-0.15, -0.1) is 0 Å². The Labute approximate surface area is 113 Å². The highest BCUT2D eigenvalue weighted by Crippen LogP contribution is 2.39. The van der Waals surface area contributed by atoms with Crippen LogP contribution in [0.5, 0.6) is 0 Å². The standard InChI is InChI=1S/C14H25F3N2/c1-2-10-9-19(8-7-13(10)18)12-5-3-11(4-6-12)14(15,16)17/h10-13H,2-9,18H2,1H3. The third-order valence-corrected chi connectivity index (χ3v) is 5.02. The topological polar surface area (TPSA) is 29.3 Å². The molecule has 0 amide bonds. The molecule has 0 radical (unpaired) electrons. The predicted molar refractivity (Wildman–Crippen MR) is 69.7 cm³/mol. The molecule has 5 heteroatoms. The monoisotopic (exact) mass is 278 g/mol. The average molecular weight is 278 g/mol. The summed E-state index contributed by atoms with van der Waals surface area (Å²) in [5.74, 6) is -0.563.